The van der Waals surface area contributed by atoms with Crippen molar-refractivity contribution < 1.29 is 4.79 Å². The van der Waals surface area contributed by atoms with Crippen molar-refractivity contribution in [3.05, 3.63) is 41.0 Å². The van der Waals surface area contributed by atoms with Crippen molar-refractivity contribution in [2.45, 2.75) is 0 Å². The number of aldehydes is 1. The van der Waals surface area contributed by atoms with Crippen molar-refractivity contribution in [2.75, 3.05) is 0 Å². The number of aryl methyl sites for hydroxylation is 1. The molecule has 0 atom stereocenters. The van der Waals surface area contributed by atoms with Crippen LogP contribution in [0.2, 0.25) is 5.02 Å². The lowest BCUT2D eigenvalue weighted by atomic mass is 10.1. The van der Waals surface area contributed by atoms with E-state index >= 15 is 0 Å². The molecular formula is C11H9ClN2O. The second-order valence-electron chi connectivity index (χ2n) is 3.19. The third kappa shape index (κ3) is 1.78. The average Bonchev–Trinajstić information content (AvgIpc) is 2.65. The molecule has 0 spiro atoms. The highest BCUT2D eigenvalue weighted by molar-refractivity contribution is 6.33. The number of nitrogens with zero attached hydrogens (tertiary/aromatic N) is 2. The van der Waals surface area contributed by atoms with E-state index in [4.69, 9.17) is 11.6 Å². The Balaban J connectivity index is 2.55. The summed E-state index contributed by atoms with van der Waals surface area (Å²) in [6.07, 6.45) is 2.47. The Morgan fingerprint density at radius 3 is 2.80 bits per heavy atom. The minimum Gasteiger partial charge on any atom is -0.298 e. The van der Waals surface area contributed by atoms with Crippen molar-refractivity contribution in [1.29, 1.82) is 0 Å². The van der Waals surface area contributed by atoms with Gasteiger partial charge in [0.25, 0.3) is 0 Å². The predicted molar refractivity (Wildman–Crippen MR) is 59.0 cm³/mol. The van der Waals surface area contributed by atoms with Crippen molar-refractivity contribution in [3.63, 3.8) is 0 Å². The van der Waals surface area contributed by atoms with Crippen molar-refractivity contribution in [1.82, 2.24) is 9.78 Å². The van der Waals surface area contributed by atoms with E-state index in [2.05, 4.69) is 5.10 Å². The highest BCUT2D eigenvalue weighted by atomic mass is 35.5. The topological polar surface area (TPSA) is 34.9 Å². The van der Waals surface area contributed by atoms with Crippen LogP contribution in [0.15, 0.2) is 30.5 Å². The summed E-state index contributed by atoms with van der Waals surface area (Å²) in [5.41, 5.74) is 2.38. The second kappa shape index (κ2) is 3.87. The number of rotatable bonds is 2. The zero-order valence-corrected chi connectivity index (χ0v) is 8.90. The van der Waals surface area contributed by atoms with Gasteiger partial charge < -0.3 is 0 Å². The van der Waals surface area contributed by atoms with Gasteiger partial charge in [0.2, 0.25) is 0 Å². The molecular weight excluding hydrogens is 212 g/mol. The number of benzene rings is 1. The van der Waals surface area contributed by atoms with E-state index in [1.165, 1.54) is 0 Å². The smallest absolute Gasteiger partial charge is 0.151 e. The molecule has 0 aliphatic rings. The Labute approximate surface area is 92.3 Å². The van der Waals surface area contributed by atoms with Crippen LogP contribution in [0, 0.1) is 0 Å². The van der Waals surface area contributed by atoms with Crippen LogP contribution >= 0.6 is 11.6 Å². The number of carbonyl (C=O) groups excluding carboxylic acids is 1. The molecule has 0 unspecified atom stereocenters. The van der Waals surface area contributed by atoms with Crippen molar-refractivity contribution in [2.24, 2.45) is 7.05 Å². The van der Waals surface area contributed by atoms with Gasteiger partial charge in [0.05, 0.1) is 10.7 Å². The Morgan fingerprint density at radius 2 is 2.20 bits per heavy atom. The number of aromatic nitrogens is 2. The molecule has 0 fully saturated rings. The van der Waals surface area contributed by atoms with E-state index < -0.39 is 0 Å². The van der Waals surface area contributed by atoms with Crippen LogP contribution in [-0.4, -0.2) is 16.1 Å². The Hall–Kier alpha value is -1.61. The SMILES string of the molecule is Cn1nccc1-c1ccc(Cl)c(C=O)c1. The van der Waals surface area contributed by atoms with Gasteiger partial charge in [-0.2, -0.15) is 5.10 Å². The largest absolute Gasteiger partial charge is 0.298 e. The van der Waals surface area contributed by atoms with Crippen LogP contribution in [0.5, 0.6) is 0 Å². The van der Waals surface area contributed by atoms with Gasteiger partial charge in [0, 0.05) is 24.4 Å². The standard InChI is InChI=1S/C11H9ClN2O/c1-14-11(4-5-13-14)8-2-3-10(12)9(6-8)7-15/h2-7H,1H3. The third-order valence-electron chi connectivity index (χ3n) is 2.24. The normalized spacial score (nSPS) is 10.3. The average molecular weight is 221 g/mol. The van der Waals surface area contributed by atoms with Crippen molar-refractivity contribution in [3.8, 4) is 11.3 Å². The molecule has 0 saturated heterocycles. The summed E-state index contributed by atoms with van der Waals surface area (Å²) in [4.78, 5) is 10.7. The molecule has 4 heteroatoms. The molecule has 1 aromatic carbocycles. The van der Waals surface area contributed by atoms with Crippen molar-refractivity contribution >= 4 is 17.9 Å². The fourth-order valence-electron chi connectivity index (χ4n) is 1.45. The molecule has 15 heavy (non-hydrogen) atoms. The van der Waals surface area contributed by atoms with Crippen LogP contribution in [-0.2, 0) is 7.05 Å². The van der Waals surface area contributed by atoms with Gasteiger partial charge in [0.15, 0.2) is 6.29 Å². The third-order valence-corrected chi connectivity index (χ3v) is 2.58. The Morgan fingerprint density at radius 1 is 1.40 bits per heavy atom. The van der Waals surface area contributed by atoms with E-state index in [9.17, 15) is 4.79 Å². The minimum absolute atomic E-state index is 0.468. The van der Waals surface area contributed by atoms with E-state index in [1.54, 1.807) is 23.0 Å². The zero-order valence-electron chi connectivity index (χ0n) is 8.14. The summed E-state index contributed by atoms with van der Waals surface area (Å²) in [5, 5.41) is 4.53. The van der Waals surface area contributed by atoms with E-state index in [1.807, 2.05) is 19.2 Å². The quantitative estimate of drug-likeness (QED) is 0.729. The van der Waals surface area contributed by atoms with Gasteiger partial charge in [-0.1, -0.05) is 17.7 Å². The van der Waals surface area contributed by atoms with E-state index in [0.717, 1.165) is 17.5 Å². The molecule has 0 saturated carbocycles. The summed E-state index contributed by atoms with van der Waals surface area (Å²) in [6.45, 7) is 0. The van der Waals surface area contributed by atoms with Gasteiger partial charge in [-0.15, -0.1) is 0 Å². The van der Waals surface area contributed by atoms with Crippen LogP contribution in [0.3, 0.4) is 0 Å². The fraction of sp³-hybridized carbons (Fsp3) is 0.0909. The summed E-state index contributed by atoms with van der Waals surface area (Å²) >= 11 is 5.84. The summed E-state index contributed by atoms with van der Waals surface area (Å²) in [7, 11) is 1.85. The van der Waals surface area contributed by atoms with Gasteiger partial charge in [0.1, 0.15) is 0 Å². The molecule has 2 aromatic rings. The maximum absolute atomic E-state index is 10.7. The summed E-state index contributed by atoms with van der Waals surface area (Å²) < 4.78 is 1.75. The number of carbonyl (C=O) groups is 1. The van der Waals surface area contributed by atoms with Gasteiger partial charge in [-0.3, -0.25) is 9.48 Å². The molecule has 0 N–H and O–H groups in total. The first-order valence-electron chi connectivity index (χ1n) is 4.45. The molecule has 3 nitrogen and oxygen atoms in total. The van der Waals surface area contributed by atoms with E-state index in [0.29, 0.717) is 10.6 Å². The Kier molecular flexibility index (Phi) is 2.56. The van der Waals surface area contributed by atoms with Crippen LogP contribution in [0.1, 0.15) is 10.4 Å². The first kappa shape index (κ1) is 9.93. The highest BCUT2D eigenvalue weighted by Gasteiger charge is 2.05. The van der Waals surface area contributed by atoms with Crippen LogP contribution in [0.25, 0.3) is 11.3 Å². The molecule has 1 heterocycles. The molecule has 0 amide bonds. The van der Waals surface area contributed by atoms with Crippen LogP contribution in [0.4, 0.5) is 0 Å². The van der Waals surface area contributed by atoms with Gasteiger partial charge in [-0.05, 0) is 18.2 Å². The molecule has 0 aliphatic carbocycles. The summed E-state index contributed by atoms with van der Waals surface area (Å²) in [5.74, 6) is 0. The molecule has 1 aromatic heterocycles. The number of halogens is 1. The predicted octanol–water partition coefficient (Wildman–Crippen LogP) is 2.55. The number of hydrogen-bond acceptors (Lipinski definition) is 2. The molecule has 2 rings (SSSR count). The lowest BCUT2D eigenvalue weighted by Crippen LogP contribution is -1.94. The van der Waals surface area contributed by atoms with E-state index in [-0.39, 0.29) is 0 Å². The molecule has 0 aliphatic heterocycles. The summed E-state index contributed by atoms with van der Waals surface area (Å²) in [6, 6.07) is 7.23. The van der Waals surface area contributed by atoms with Gasteiger partial charge >= 0.3 is 0 Å². The lowest BCUT2D eigenvalue weighted by molar-refractivity contribution is 0.112. The van der Waals surface area contributed by atoms with Crippen LogP contribution < -0.4 is 0 Å². The monoisotopic (exact) mass is 220 g/mol. The number of hydrogen-bond donors (Lipinski definition) is 0. The minimum atomic E-state index is 0.468. The first-order chi connectivity index (χ1) is 7.22. The van der Waals surface area contributed by atoms with Gasteiger partial charge in [-0.25, -0.2) is 0 Å². The maximum Gasteiger partial charge on any atom is 0.151 e. The first-order valence-corrected chi connectivity index (χ1v) is 4.83. The fourth-order valence-corrected chi connectivity index (χ4v) is 1.61. The second-order valence-corrected chi connectivity index (χ2v) is 3.60. The zero-order chi connectivity index (χ0) is 10.8. The Bertz CT molecular complexity index is 505. The highest BCUT2D eigenvalue weighted by Crippen LogP contribution is 2.23. The molecule has 76 valence electrons. The lowest BCUT2D eigenvalue weighted by Gasteiger charge is -2.03. The molecule has 0 radical (unpaired) electrons. The molecule has 0 bridgehead atoms. The maximum atomic E-state index is 10.7.